The number of rotatable bonds is 2. The van der Waals surface area contributed by atoms with E-state index in [1.54, 1.807) is 12.1 Å². The lowest BCUT2D eigenvalue weighted by atomic mass is 10.2. The molecule has 0 radical (unpaired) electrons. The van der Waals surface area contributed by atoms with Crippen LogP contribution in [0.15, 0.2) is 51.9 Å². The maximum Gasteiger partial charge on any atom is 0.227 e. The van der Waals surface area contributed by atoms with E-state index >= 15 is 0 Å². The predicted molar refractivity (Wildman–Crippen MR) is 73.1 cm³/mol. The van der Waals surface area contributed by atoms with Gasteiger partial charge in [-0.1, -0.05) is 0 Å². The largest absolute Gasteiger partial charge is 0.436 e. The average Bonchev–Trinajstić information content (AvgIpc) is 2.81. The minimum absolute atomic E-state index is 0.575. The molecule has 0 saturated carbocycles. The van der Waals surface area contributed by atoms with Crippen molar-refractivity contribution >= 4 is 29.2 Å². The number of hydrogen-bond donors (Lipinski definition) is 1. The highest BCUT2D eigenvalue weighted by molar-refractivity contribution is 5.79. The number of aromatic nitrogens is 1. The molecule has 3 aromatic rings. The summed E-state index contributed by atoms with van der Waals surface area (Å²) >= 11 is 0. The first kappa shape index (κ1) is 10.5. The molecule has 0 unspecified atom stereocenters. The smallest absolute Gasteiger partial charge is 0.227 e. The monoisotopic (exact) mass is 237 g/mol. The Morgan fingerprint density at radius 3 is 2.61 bits per heavy atom. The van der Waals surface area contributed by atoms with Crippen LogP contribution in [-0.2, 0) is 0 Å². The third kappa shape index (κ3) is 1.73. The van der Waals surface area contributed by atoms with Gasteiger partial charge in [0.1, 0.15) is 5.52 Å². The Balaban J connectivity index is 2.10. The molecule has 88 valence electrons. The van der Waals surface area contributed by atoms with E-state index in [2.05, 4.69) is 16.7 Å². The number of hydrogen-bond acceptors (Lipinski definition) is 4. The van der Waals surface area contributed by atoms with E-state index in [-0.39, 0.29) is 0 Å². The molecule has 2 N–H and O–H groups in total. The Labute approximate surface area is 104 Å². The number of fused-ring (bicyclic) bond motifs is 1. The van der Waals surface area contributed by atoms with Gasteiger partial charge >= 0.3 is 0 Å². The zero-order valence-electron chi connectivity index (χ0n) is 9.63. The summed E-state index contributed by atoms with van der Waals surface area (Å²) in [7, 11) is 0. The zero-order valence-corrected chi connectivity index (χ0v) is 9.63. The van der Waals surface area contributed by atoms with Crippen molar-refractivity contribution in [2.75, 3.05) is 5.73 Å². The summed E-state index contributed by atoms with van der Waals surface area (Å²) in [6.07, 6.45) is 0. The molecule has 4 nitrogen and oxygen atoms in total. The maximum atomic E-state index is 5.71. The zero-order chi connectivity index (χ0) is 12.5. The molecule has 0 amide bonds. The van der Waals surface area contributed by atoms with E-state index in [1.807, 2.05) is 30.3 Å². The second kappa shape index (κ2) is 4.00. The number of nitrogen functional groups attached to an aromatic ring is 1. The van der Waals surface area contributed by atoms with E-state index < -0.39 is 0 Å². The van der Waals surface area contributed by atoms with Crippen LogP contribution < -0.4 is 5.73 Å². The quantitative estimate of drug-likeness (QED) is 0.548. The molecule has 0 bridgehead atoms. The molecule has 0 aliphatic carbocycles. The number of aliphatic imine (C=N–C) groups is 1. The molecule has 0 fully saturated rings. The SMILES string of the molecule is C=Nc1ccc(-c2nc3cc(N)ccc3o2)cc1. The predicted octanol–water partition coefficient (Wildman–Crippen LogP) is 3.41. The molecule has 1 aromatic heterocycles. The second-order valence-electron chi connectivity index (χ2n) is 3.95. The van der Waals surface area contributed by atoms with Gasteiger partial charge in [-0.3, -0.25) is 4.99 Å². The minimum atomic E-state index is 0.575. The molecule has 3 rings (SSSR count). The first-order chi connectivity index (χ1) is 8.76. The first-order valence-electron chi connectivity index (χ1n) is 5.49. The third-order valence-corrected chi connectivity index (χ3v) is 2.71. The van der Waals surface area contributed by atoms with Crippen LogP contribution in [-0.4, -0.2) is 11.7 Å². The summed E-state index contributed by atoms with van der Waals surface area (Å²) in [5.74, 6) is 0.575. The molecular formula is C14H11N3O. The van der Waals surface area contributed by atoms with Crippen molar-refractivity contribution in [1.29, 1.82) is 0 Å². The van der Waals surface area contributed by atoms with Crippen LogP contribution in [0.25, 0.3) is 22.6 Å². The molecule has 18 heavy (non-hydrogen) atoms. The van der Waals surface area contributed by atoms with Crippen molar-refractivity contribution in [3.05, 3.63) is 42.5 Å². The molecule has 2 aromatic carbocycles. The summed E-state index contributed by atoms with van der Waals surface area (Å²) in [6, 6.07) is 12.9. The van der Waals surface area contributed by atoms with Crippen LogP contribution in [0.4, 0.5) is 11.4 Å². The highest BCUT2D eigenvalue weighted by Crippen LogP contribution is 2.26. The van der Waals surface area contributed by atoms with E-state index in [0.717, 1.165) is 22.4 Å². The van der Waals surface area contributed by atoms with Crippen molar-refractivity contribution in [1.82, 2.24) is 4.98 Å². The topological polar surface area (TPSA) is 64.4 Å². The lowest BCUT2D eigenvalue weighted by Gasteiger charge is -1.95. The summed E-state index contributed by atoms with van der Waals surface area (Å²) < 4.78 is 5.67. The van der Waals surface area contributed by atoms with Gasteiger partial charge in [0.05, 0.1) is 5.69 Å². The minimum Gasteiger partial charge on any atom is -0.436 e. The van der Waals surface area contributed by atoms with Gasteiger partial charge in [0.2, 0.25) is 5.89 Å². The van der Waals surface area contributed by atoms with E-state index in [4.69, 9.17) is 10.2 Å². The Bertz CT molecular complexity index is 713. The second-order valence-corrected chi connectivity index (χ2v) is 3.95. The highest BCUT2D eigenvalue weighted by Gasteiger charge is 2.08. The number of nitrogens with zero attached hydrogens (tertiary/aromatic N) is 2. The molecule has 1 heterocycles. The van der Waals surface area contributed by atoms with Crippen LogP contribution in [0.1, 0.15) is 0 Å². The van der Waals surface area contributed by atoms with Crippen LogP contribution in [0.5, 0.6) is 0 Å². The van der Waals surface area contributed by atoms with Crippen molar-refractivity contribution in [2.45, 2.75) is 0 Å². The highest BCUT2D eigenvalue weighted by atomic mass is 16.3. The molecule has 0 spiro atoms. The number of oxazole rings is 1. The molecule has 4 heteroatoms. The molecule has 0 saturated heterocycles. The van der Waals surface area contributed by atoms with Crippen molar-refractivity contribution in [3.63, 3.8) is 0 Å². The van der Waals surface area contributed by atoms with E-state index in [9.17, 15) is 0 Å². The first-order valence-corrected chi connectivity index (χ1v) is 5.49. The van der Waals surface area contributed by atoms with Crippen LogP contribution in [0.3, 0.4) is 0 Å². The number of anilines is 1. The number of nitrogens with two attached hydrogens (primary N) is 1. The molecule has 0 aliphatic rings. The fraction of sp³-hybridized carbons (Fsp3) is 0. The van der Waals surface area contributed by atoms with Gasteiger partial charge in [-0.25, -0.2) is 4.98 Å². The van der Waals surface area contributed by atoms with E-state index in [1.165, 1.54) is 0 Å². The van der Waals surface area contributed by atoms with Crippen molar-refractivity contribution in [3.8, 4) is 11.5 Å². The van der Waals surface area contributed by atoms with Gasteiger partial charge < -0.3 is 10.2 Å². The molecule has 0 aliphatic heterocycles. The average molecular weight is 237 g/mol. The maximum absolute atomic E-state index is 5.71. The van der Waals surface area contributed by atoms with Gasteiger partial charge in [0.15, 0.2) is 5.58 Å². The normalized spacial score (nSPS) is 10.7. The fourth-order valence-corrected chi connectivity index (χ4v) is 1.78. The number of benzene rings is 2. The lowest BCUT2D eigenvalue weighted by Crippen LogP contribution is -1.82. The third-order valence-electron chi connectivity index (χ3n) is 2.71. The van der Waals surface area contributed by atoms with Gasteiger partial charge in [-0.2, -0.15) is 0 Å². The Morgan fingerprint density at radius 1 is 1.11 bits per heavy atom. The summed E-state index contributed by atoms with van der Waals surface area (Å²) in [6.45, 7) is 3.47. The van der Waals surface area contributed by atoms with Gasteiger partial charge in [0.25, 0.3) is 0 Å². The lowest BCUT2D eigenvalue weighted by molar-refractivity contribution is 0.620. The van der Waals surface area contributed by atoms with Gasteiger partial charge in [0, 0.05) is 11.3 Å². The summed E-state index contributed by atoms with van der Waals surface area (Å²) in [4.78, 5) is 8.25. The Kier molecular flexibility index (Phi) is 2.34. The summed E-state index contributed by atoms with van der Waals surface area (Å²) in [5, 5.41) is 0. The molecule has 0 atom stereocenters. The van der Waals surface area contributed by atoms with Crippen LogP contribution in [0, 0.1) is 0 Å². The van der Waals surface area contributed by atoms with Crippen LogP contribution >= 0.6 is 0 Å². The Hall–Kier alpha value is -2.62. The summed E-state index contributed by atoms with van der Waals surface area (Å²) in [5.41, 5.74) is 9.59. The standard InChI is InChI=1S/C14H11N3O/c1-16-11-5-2-9(3-6-11)14-17-12-8-10(15)4-7-13(12)18-14/h2-8H,1,15H2. The van der Waals surface area contributed by atoms with Gasteiger partial charge in [-0.15, -0.1) is 0 Å². The van der Waals surface area contributed by atoms with Crippen molar-refractivity contribution < 1.29 is 4.42 Å². The van der Waals surface area contributed by atoms with Crippen LogP contribution in [0.2, 0.25) is 0 Å². The fourth-order valence-electron chi connectivity index (χ4n) is 1.78. The van der Waals surface area contributed by atoms with Gasteiger partial charge in [-0.05, 0) is 49.2 Å². The van der Waals surface area contributed by atoms with E-state index in [0.29, 0.717) is 11.6 Å². The van der Waals surface area contributed by atoms with Crippen molar-refractivity contribution in [2.24, 2.45) is 4.99 Å². The molecular weight excluding hydrogens is 226 g/mol. The Morgan fingerprint density at radius 2 is 1.89 bits per heavy atom.